The van der Waals surface area contributed by atoms with Crippen LogP contribution in [-0.2, 0) is 10.9 Å². The average Bonchev–Trinajstić information content (AvgIpc) is 2.40. The van der Waals surface area contributed by atoms with Gasteiger partial charge >= 0.3 is 6.18 Å². The number of hydrogen-bond donors (Lipinski definition) is 1. The lowest BCUT2D eigenvalue weighted by Crippen LogP contribution is -2.38. The van der Waals surface area contributed by atoms with Crippen molar-refractivity contribution in [3.8, 4) is 0 Å². The highest BCUT2D eigenvalue weighted by Crippen LogP contribution is 2.33. The molecule has 1 N–H and O–H groups in total. The maximum Gasteiger partial charge on any atom is 0.416 e. The summed E-state index contributed by atoms with van der Waals surface area (Å²) in [6.45, 7) is 0. The van der Waals surface area contributed by atoms with Crippen molar-refractivity contribution in [2.75, 3.05) is 12.4 Å². The number of alkyl halides is 3. The predicted molar refractivity (Wildman–Crippen MR) is 68.1 cm³/mol. The van der Waals surface area contributed by atoms with E-state index in [0.717, 1.165) is 43.9 Å². The molecule has 2 rings (SSSR count). The maximum atomic E-state index is 13.7. The lowest BCUT2D eigenvalue weighted by atomic mass is 9.92. The van der Waals surface area contributed by atoms with Crippen LogP contribution in [0.25, 0.3) is 0 Å². The van der Waals surface area contributed by atoms with E-state index in [-0.39, 0.29) is 17.8 Å². The van der Waals surface area contributed by atoms with E-state index in [1.54, 1.807) is 7.11 Å². The van der Waals surface area contributed by atoms with Gasteiger partial charge in [-0.05, 0) is 31.0 Å². The standard InChI is InChI=1S/C14H17F4NO/c1-20-13-5-3-2-4-11(13)19-12-8-9(14(16,17)18)6-7-10(12)15/h6-8,11,13,19H,2-5H2,1H3. The molecule has 0 bridgehead atoms. The van der Waals surface area contributed by atoms with E-state index in [1.807, 2.05) is 0 Å². The molecule has 0 aromatic heterocycles. The Morgan fingerprint density at radius 2 is 1.90 bits per heavy atom. The highest BCUT2D eigenvalue weighted by molar-refractivity contribution is 5.49. The van der Waals surface area contributed by atoms with E-state index >= 15 is 0 Å². The first kappa shape index (κ1) is 15.1. The van der Waals surface area contributed by atoms with Gasteiger partial charge in [0, 0.05) is 7.11 Å². The second-order valence-corrected chi connectivity index (χ2v) is 5.00. The van der Waals surface area contributed by atoms with Crippen LogP contribution in [0, 0.1) is 5.82 Å². The molecule has 0 spiro atoms. The molecular weight excluding hydrogens is 274 g/mol. The molecule has 1 aliphatic carbocycles. The van der Waals surface area contributed by atoms with Gasteiger partial charge in [0.25, 0.3) is 0 Å². The molecule has 1 aliphatic rings. The summed E-state index contributed by atoms with van der Waals surface area (Å²) in [7, 11) is 1.56. The fourth-order valence-corrected chi connectivity index (χ4v) is 2.56. The van der Waals surface area contributed by atoms with Crippen molar-refractivity contribution >= 4 is 5.69 Å². The van der Waals surface area contributed by atoms with Gasteiger partial charge in [-0.2, -0.15) is 13.2 Å². The topological polar surface area (TPSA) is 21.3 Å². The molecule has 6 heteroatoms. The number of ether oxygens (including phenoxy) is 1. The Labute approximate surface area is 115 Å². The number of benzene rings is 1. The largest absolute Gasteiger partial charge is 0.416 e. The Balaban J connectivity index is 2.19. The monoisotopic (exact) mass is 291 g/mol. The second-order valence-electron chi connectivity index (χ2n) is 5.00. The molecule has 1 saturated carbocycles. The van der Waals surface area contributed by atoms with Crippen LogP contribution in [0.15, 0.2) is 18.2 Å². The van der Waals surface area contributed by atoms with E-state index in [1.165, 1.54) is 0 Å². The summed E-state index contributed by atoms with van der Waals surface area (Å²) in [5.41, 5.74) is -0.972. The molecule has 1 fully saturated rings. The molecule has 1 aromatic carbocycles. The number of methoxy groups -OCH3 is 1. The van der Waals surface area contributed by atoms with Gasteiger partial charge in [0.2, 0.25) is 0 Å². The van der Waals surface area contributed by atoms with Crippen LogP contribution in [0.4, 0.5) is 23.2 Å². The average molecular weight is 291 g/mol. The zero-order chi connectivity index (χ0) is 14.8. The van der Waals surface area contributed by atoms with Crippen molar-refractivity contribution in [3.63, 3.8) is 0 Å². The van der Waals surface area contributed by atoms with Gasteiger partial charge in [-0.25, -0.2) is 4.39 Å². The number of rotatable bonds is 3. The molecule has 0 aliphatic heterocycles. The molecule has 112 valence electrons. The van der Waals surface area contributed by atoms with Crippen molar-refractivity contribution in [2.24, 2.45) is 0 Å². The summed E-state index contributed by atoms with van der Waals surface area (Å²) in [5.74, 6) is -0.682. The summed E-state index contributed by atoms with van der Waals surface area (Å²) in [4.78, 5) is 0. The van der Waals surface area contributed by atoms with Crippen LogP contribution in [-0.4, -0.2) is 19.3 Å². The van der Waals surface area contributed by atoms with Crippen molar-refractivity contribution < 1.29 is 22.3 Å². The summed E-state index contributed by atoms with van der Waals surface area (Å²) in [6, 6.07) is 2.24. The van der Waals surface area contributed by atoms with Crippen LogP contribution in [0.1, 0.15) is 31.2 Å². The Morgan fingerprint density at radius 3 is 2.55 bits per heavy atom. The molecule has 0 radical (unpaired) electrons. The summed E-state index contributed by atoms with van der Waals surface area (Å²) in [5, 5.41) is 2.86. The Hall–Kier alpha value is -1.30. The quantitative estimate of drug-likeness (QED) is 0.842. The highest BCUT2D eigenvalue weighted by atomic mass is 19.4. The molecule has 2 nitrogen and oxygen atoms in total. The zero-order valence-electron chi connectivity index (χ0n) is 11.1. The molecule has 0 saturated heterocycles. The summed E-state index contributed by atoms with van der Waals surface area (Å²) >= 11 is 0. The van der Waals surface area contributed by atoms with E-state index in [4.69, 9.17) is 4.74 Å². The molecule has 20 heavy (non-hydrogen) atoms. The number of anilines is 1. The first-order valence-corrected chi connectivity index (χ1v) is 6.58. The van der Waals surface area contributed by atoms with Gasteiger partial charge in [-0.1, -0.05) is 12.8 Å². The highest BCUT2D eigenvalue weighted by Gasteiger charge is 2.32. The van der Waals surface area contributed by atoms with Crippen LogP contribution >= 0.6 is 0 Å². The normalized spacial score (nSPS) is 23.6. The molecule has 2 unspecified atom stereocenters. The van der Waals surface area contributed by atoms with E-state index in [0.29, 0.717) is 0 Å². The Kier molecular flexibility index (Phi) is 4.52. The second kappa shape index (κ2) is 5.99. The van der Waals surface area contributed by atoms with Crippen molar-refractivity contribution in [1.29, 1.82) is 0 Å². The minimum Gasteiger partial charge on any atom is -0.379 e. The molecule has 0 amide bonds. The van der Waals surface area contributed by atoms with Crippen LogP contribution in [0.5, 0.6) is 0 Å². The van der Waals surface area contributed by atoms with Crippen molar-refractivity contribution in [2.45, 2.75) is 44.0 Å². The van der Waals surface area contributed by atoms with Crippen molar-refractivity contribution in [3.05, 3.63) is 29.6 Å². The third-order valence-electron chi connectivity index (χ3n) is 3.64. The van der Waals surface area contributed by atoms with Crippen LogP contribution in [0.3, 0.4) is 0 Å². The molecule has 0 heterocycles. The van der Waals surface area contributed by atoms with E-state index in [2.05, 4.69) is 5.32 Å². The van der Waals surface area contributed by atoms with Crippen LogP contribution < -0.4 is 5.32 Å². The van der Waals surface area contributed by atoms with Crippen molar-refractivity contribution in [1.82, 2.24) is 0 Å². The maximum absolute atomic E-state index is 13.7. The SMILES string of the molecule is COC1CCCCC1Nc1cc(C(F)(F)F)ccc1F. The first-order chi connectivity index (χ1) is 9.41. The van der Waals surface area contributed by atoms with E-state index in [9.17, 15) is 17.6 Å². The lowest BCUT2D eigenvalue weighted by Gasteiger charge is -2.32. The summed E-state index contributed by atoms with van der Waals surface area (Å²) in [6.07, 6.45) is -1.02. The third-order valence-corrected chi connectivity index (χ3v) is 3.64. The smallest absolute Gasteiger partial charge is 0.379 e. The fourth-order valence-electron chi connectivity index (χ4n) is 2.56. The number of nitrogens with one attached hydrogen (secondary N) is 1. The summed E-state index contributed by atoms with van der Waals surface area (Å²) < 4.78 is 56.9. The van der Waals surface area contributed by atoms with Gasteiger partial charge in [-0.15, -0.1) is 0 Å². The minimum atomic E-state index is -4.47. The van der Waals surface area contributed by atoms with Gasteiger partial charge in [-0.3, -0.25) is 0 Å². The van der Waals surface area contributed by atoms with Crippen LogP contribution in [0.2, 0.25) is 0 Å². The number of hydrogen-bond acceptors (Lipinski definition) is 2. The van der Waals surface area contributed by atoms with Gasteiger partial charge in [0.15, 0.2) is 0 Å². The van der Waals surface area contributed by atoms with Gasteiger partial charge in [0.1, 0.15) is 5.82 Å². The first-order valence-electron chi connectivity index (χ1n) is 6.58. The molecule has 2 atom stereocenters. The Bertz CT molecular complexity index is 461. The third kappa shape index (κ3) is 3.42. The Morgan fingerprint density at radius 1 is 1.20 bits per heavy atom. The van der Waals surface area contributed by atoms with Gasteiger partial charge in [0.05, 0.1) is 23.4 Å². The number of halogens is 4. The fraction of sp³-hybridized carbons (Fsp3) is 0.571. The lowest BCUT2D eigenvalue weighted by molar-refractivity contribution is -0.137. The zero-order valence-corrected chi connectivity index (χ0v) is 11.1. The van der Waals surface area contributed by atoms with E-state index < -0.39 is 17.6 Å². The van der Waals surface area contributed by atoms with Gasteiger partial charge < -0.3 is 10.1 Å². The molecule has 1 aromatic rings. The molecular formula is C14H17F4NO. The minimum absolute atomic E-state index is 0.0994. The predicted octanol–water partition coefficient (Wildman–Crippen LogP) is 4.21.